The number of fused-ring (bicyclic) bond motifs is 1. The Labute approximate surface area is 169 Å². The molecule has 3 N–H and O–H groups in total. The standard InChI is InChI=1S/C22H23ClN4O/c23-17-7-8-19-16(10-17)6-9-21(19)26-22(28)20(24)11-18-13-27(14-25-18)12-15-4-2-1-3-5-15/h1-5,7-8,10,13-14,20-21H,6,9,11-12,24H2,(H,26,28)/t20-,21?/m0/s1. The molecule has 5 nitrogen and oxygen atoms in total. The van der Waals surface area contributed by atoms with E-state index in [-0.39, 0.29) is 11.9 Å². The molecule has 1 aromatic heterocycles. The Kier molecular flexibility index (Phi) is 5.46. The van der Waals surface area contributed by atoms with Gasteiger partial charge in [0.1, 0.15) is 0 Å². The van der Waals surface area contributed by atoms with Gasteiger partial charge in [-0.25, -0.2) is 4.98 Å². The number of hydrogen-bond acceptors (Lipinski definition) is 3. The highest BCUT2D eigenvalue weighted by molar-refractivity contribution is 6.30. The zero-order chi connectivity index (χ0) is 19.5. The SMILES string of the molecule is N[C@@H](Cc1cn(Cc2ccccc2)cn1)C(=O)NC1CCc2cc(Cl)ccc21. The Morgan fingerprint density at radius 3 is 2.93 bits per heavy atom. The number of aryl methyl sites for hydroxylation is 1. The molecule has 6 heteroatoms. The zero-order valence-corrected chi connectivity index (χ0v) is 16.3. The molecule has 1 aliphatic carbocycles. The van der Waals surface area contributed by atoms with Crippen LogP contribution in [-0.4, -0.2) is 21.5 Å². The summed E-state index contributed by atoms with van der Waals surface area (Å²) >= 11 is 6.05. The zero-order valence-electron chi connectivity index (χ0n) is 15.5. The number of halogens is 1. The molecule has 0 radical (unpaired) electrons. The van der Waals surface area contributed by atoms with Gasteiger partial charge in [-0.3, -0.25) is 4.79 Å². The van der Waals surface area contributed by atoms with E-state index in [9.17, 15) is 4.79 Å². The van der Waals surface area contributed by atoms with Crippen LogP contribution >= 0.6 is 11.6 Å². The molecule has 0 bridgehead atoms. The molecule has 144 valence electrons. The fourth-order valence-electron chi connectivity index (χ4n) is 3.73. The summed E-state index contributed by atoms with van der Waals surface area (Å²) in [6.07, 6.45) is 5.94. The lowest BCUT2D eigenvalue weighted by Crippen LogP contribution is -2.43. The average Bonchev–Trinajstić information content (AvgIpc) is 3.29. The number of nitrogens with zero attached hydrogens (tertiary/aromatic N) is 2. The summed E-state index contributed by atoms with van der Waals surface area (Å²) in [5, 5.41) is 3.81. The molecule has 1 heterocycles. The summed E-state index contributed by atoms with van der Waals surface area (Å²) in [6.45, 7) is 0.747. The molecule has 4 rings (SSSR count). The van der Waals surface area contributed by atoms with Gasteiger partial charge in [-0.2, -0.15) is 0 Å². The van der Waals surface area contributed by atoms with E-state index in [1.54, 1.807) is 6.33 Å². The van der Waals surface area contributed by atoms with Gasteiger partial charge in [0, 0.05) is 24.2 Å². The molecule has 0 fully saturated rings. The molecule has 2 aromatic carbocycles. The van der Waals surface area contributed by atoms with E-state index in [0.29, 0.717) is 6.42 Å². The van der Waals surface area contributed by atoms with Crippen LogP contribution in [0.5, 0.6) is 0 Å². The first kappa shape index (κ1) is 18.7. The number of carbonyl (C=O) groups excluding carboxylic acids is 1. The van der Waals surface area contributed by atoms with Crippen molar-refractivity contribution >= 4 is 17.5 Å². The van der Waals surface area contributed by atoms with Gasteiger partial charge in [-0.1, -0.05) is 48.0 Å². The van der Waals surface area contributed by atoms with E-state index in [0.717, 1.165) is 35.7 Å². The average molecular weight is 395 g/mol. The van der Waals surface area contributed by atoms with Gasteiger partial charge in [-0.05, 0) is 41.7 Å². The van der Waals surface area contributed by atoms with Gasteiger partial charge in [0.25, 0.3) is 0 Å². The molecular formula is C22H23ClN4O. The molecule has 1 amide bonds. The van der Waals surface area contributed by atoms with Crippen LogP contribution in [0.15, 0.2) is 61.1 Å². The highest BCUT2D eigenvalue weighted by Gasteiger charge is 2.26. The van der Waals surface area contributed by atoms with Gasteiger partial charge in [0.05, 0.1) is 24.1 Å². The highest BCUT2D eigenvalue weighted by atomic mass is 35.5. The first-order valence-electron chi connectivity index (χ1n) is 9.47. The number of benzene rings is 2. The molecule has 0 aliphatic heterocycles. The molecule has 1 unspecified atom stereocenters. The second-order valence-corrected chi connectivity index (χ2v) is 7.71. The molecule has 0 saturated heterocycles. The van der Waals surface area contributed by atoms with E-state index in [1.165, 1.54) is 11.1 Å². The Morgan fingerprint density at radius 1 is 1.29 bits per heavy atom. The summed E-state index contributed by atoms with van der Waals surface area (Å²) in [6, 6.07) is 15.4. The molecule has 3 aromatic rings. The Balaban J connectivity index is 1.34. The molecule has 1 aliphatic rings. The lowest BCUT2D eigenvalue weighted by Gasteiger charge is -2.17. The van der Waals surface area contributed by atoms with Gasteiger partial charge in [-0.15, -0.1) is 0 Å². The lowest BCUT2D eigenvalue weighted by atomic mass is 10.1. The van der Waals surface area contributed by atoms with Gasteiger partial charge in [0.2, 0.25) is 5.91 Å². The second-order valence-electron chi connectivity index (χ2n) is 7.28. The summed E-state index contributed by atoms with van der Waals surface area (Å²) in [5.74, 6) is -0.148. The van der Waals surface area contributed by atoms with Crippen LogP contribution in [0.2, 0.25) is 5.02 Å². The number of amides is 1. The fourth-order valence-corrected chi connectivity index (χ4v) is 3.92. The third-order valence-corrected chi connectivity index (χ3v) is 5.39. The molecule has 2 atom stereocenters. The minimum atomic E-state index is -0.628. The Hall–Kier alpha value is -2.63. The smallest absolute Gasteiger partial charge is 0.237 e. The normalized spacial score (nSPS) is 16.6. The van der Waals surface area contributed by atoms with Crippen LogP contribution in [0.4, 0.5) is 0 Å². The van der Waals surface area contributed by atoms with Crippen LogP contribution in [-0.2, 0) is 24.2 Å². The number of rotatable bonds is 6. The van der Waals surface area contributed by atoms with Crippen molar-refractivity contribution in [1.82, 2.24) is 14.9 Å². The maximum Gasteiger partial charge on any atom is 0.237 e. The number of aromatic nitrogens is 2. The number of hydrogen-bond donors (Lipinski definition) is 2. The van der Waals surface area contributed by atoms with E-state index >= 15 is 0 Å². The Morgan fingerprint density at radius 2 is 2.11 bits per heavy atom. The monoisotopic (exact) mass is 394 g/mol. The predicted molar refractivity (Wildman–Crippen MR) is 110 cm³/mol. The van der Waals surface area contributed by atoms with Crippen molar-refractivity contribution in [1.29, 1.82) is 0 Å². The van der Waals surface area contributed by atoms with Crippen molar-refractivity contribution in [2.24, 2.45) is 5.73 Å². The quantitative estimate of drug-likeness (QED) is 0.674. The minimum Gasteiger partial charge on any atom is -0.348 e. The third-order valence-electron chi connectivity index (χ3n) is 5.16. The molecule has 0 saturated carbocycles. The summed E-state index contributed by atoms with van der Waals surface area (Å²) in [7, 11) is 0. The van der Waals surface area contributed by atoms with Crippen molar-refractivity contribution in [3.8, 4) is 0 Å². The lowest BCUT2D eigenvalue weighted by molar-refractivity contribution is -0.123. The van der Waals surface area contributed by atoms with Crippen molar-refractivity contribution in [2.75, 3.05) is 0 Å². The van der Waals surface area contributed by atoms with Crippen molar-refractivity contribution in [3.05, 3.63) is 88.5 Å². The molecular weight excluding hydrogens is 372 g/mol. The number of imidazole rings is 1. The van der Waals surface area contributed by atoms with Crippen molar-refractivity contribution < 1.29 is 4.79 Å². The first-order chi connectivity index (χ1) is 13.6. The van der Waals surface area contributed by atoms with E-state index in [1.807, 2.05) is 47.2 Å². The predicted octanol–water partition coefficient (Wildman–Crippen LogP) is 3.26. The third kappa shape index (κ3) is 4.26. The first-order valence-corrected chi connectivity index (χ1v) is 9.85. The van der Waals surface area contributed by atoms with Gasteiger partial charge >= 0.3 is 0 Å². The number of carbonyl (C=O) groups is 1. The van der Waals surface area contributed by atoms with E-state index < -0.39 is 6.04 Å². The summed E-state index contributed by atoms with van der Waals surface area (Å²) in [4.78, 5) is 17.0. The summed E-state index contributed by atoms with van der Waals surface area (Å²) in [5.41, 5.74) is 10.5. The van der Waals surface area contributed by atoms with Crippen LogP contribution in [0, 0.1) is 0 Å². The van der Waals surface area contributed by atoms with Gasteiger partial charge in [0.15, 0.2) is 0 Å². The Bertz CT molecular complexity index is 970. The van der Waals surface area contributed by atoms with E-state index in [2.05, 4.69) is 22.4 Å². The van der Waals surface area contributed by atoms with Crippen LogP contribution in [0.3, 0.4) is 0 Å². The minimum absolute atomic E-state index is 0.00135. The van der Waals surface area contributed by atoms with Crippen molar-refractivity contribution in [2.45, 2.75) is 37.9 Å². The molecule has 28 heavy (non-hydrogen) atoms. The van der Waals surface area contributed by atoms with Crippen LogP contribution in [0.1, 0.15) is 34.8 Å². The maximum absolute atomic E-state index is 12.6. The molecule has 0 spiro atoms. The van der Waals surface area contributed by atoms with Gasteiger partial charge < -0.3 is 15.6 Å². The number of nitrogens with two attached hydrogens (primary N) is 1. The fraction of sp³-hybridized carbons (Fsp3) is 0.273. The second kappa shape index (κ2) is 8.17. The number of nitrogens with one attached hydrogen (secondary N) is 1. The summed E-state index contributed by atoms with van der Waals surface area (Å²) < 4.78 is 2.01. The maximum atomic E-state index is 12.6. The van der Waals surface area contributed by atoms with E-state index in [4.69, 9.17) is 17.3 Å². The topological polar surface area (TPSA) is 72.9 Å². The van der Waals surface area contributed by atoms with Crippen LogP contribution in [0.25, 0.3) is 0 Å². The van der Waals surface area contributed by atoms with Crippen LogP contribution < -0.4 is 11.1 Å². The highest BCUT2D eigenvalue weighted by Crippen LogP contribution is 2.32. The van der Waals surface area contributed by atoms with Crippen molar-refractivity contribution in [3.63, 3.8) is 0 Å². The largest absolute Gasteiger partial charge is 0.348 e.